The Bertz CT molecular complexity index is 127. The molecule has 0 aliphatic heterocycles. The van der Waals surface area contributed by atoms with Crippen LogP contribution in [0.5, 0.6) is 0 Å². The predicted molar refractivity (Wildman–Crippen MR) is 49.1 cm³/mol. The number of halogens is 4. The van der Waals surface area contributed by atoms with Gasteiger partial charge < -0.3 is 4.74 Å². The van der Waals surface area contributed by atoms with Crippen LogP contribution >= 0.6 is 15.9 Å². The SMILES string of the molecule is CCCC(CBr)COCC(F)(F)F. The zero-order valence-electron chi connectivity index (χ0n) is 7.53. The van der Waals surface area contributed by atoms with E-state index in [-0.39, 0.29) is 12.5 Å². The molecule has 0 aromatic carbocycles. The van der Waals surface area contributed by atoms with E-state index >= 15 is 0 Å². The molecule has 0 spiro atoms. The molecule has 80 valence electrons. The molecule has 0 saturated heterocycles. The van der Waals surface area contributed by atoms with E-state index in [9.17, 15) is 13.2 Å². The summed E-state index contributed by atoms with van der Waals surface area (Å²) in [5.74, 6) is 0.187. The van der Waals surface area contributed by atoms with Gasteiger partial charge in [-0.3, -0.25) is 0 Å². The van der Waals surface area contributed by atoms with E-state index in [1.165, 1.54) is 0 Å². The monoisotopic (exact) mass is 262 g/mol. The Balaban J connectivity index is 3.49. The molecule has 0 heterocycles. The van der Waals surface area contributed by atoms with Crippen LogP contribution < -0.4 is 0 Å². The molecule has 0 rings (SSSR count). The molecule has 13 heavy (non-hydrogen) atoms. The lowest BCUT2D eigenvalue weighted by Gasteiger charge is -2.14. The molecule has 0 N–H and O–H groups in total. The summed E-state index contributed by atoms with van der Waals surface area (Å²) >= 11 is 3.24. The summed E-state index contributed by atoms with van der Waals surface area (Å²) in [7, 11) is 0. The van der Waals surface area contributed by atoms with Gasteiger partial charge in [-0.05, 0) is 12.3 Å². The highest BCUT2D eigenvalue weighted by Gasteiger charge is 2.27. The third-order valence-electron chi connectivity index (χ3n) is 1.53. The van der Waals surface area contributed by atoms with Crippen molar-refractivity contribution in [1.82, 2.24) is 0 Å². The van der Waals surface area contributed by atoms with Gasteiger partial charge in [0.1, 0.15) is 6.61 Å². The van der Waals surface area contributed by atoms with E-state index < -0.39 is 12.8 Å². The second-order valence-electron chi connectivity index (χ2n) is 2.94. The molecule has 0 saturated carbocycles. The summed E-state index contributed by atoms with van der Waals surface area (Å²) in [6, 6.07) is 0. The Kier molecular flexibility index (Phi) is 6.77. The average Bonchev–Trinajstić information content (AvgIpc) is 2.01. The molecule has 0 aromatic rings. The van der Waals surface area contributed by atoms with Crippen molar-refractivity contribution in [3.63, 3.8) is 0 Å². The maximum absolute atomic E-state index is 11.7. The van der Waals surface area contributed by atoms with Crippen LogP contribution in [0.15, 0.2) is 0 Å². The van der Waals surface area contributed by atoms with E-state index in [0.29, 0.717) is 5.33 Å². The summed E-state index contributed by atoms with van der Waals surface area (Å²) in [4.78, 5) is 0. The maximum atomic E-state index is 11.7. The number of alkyl halides is 4. The van der Waals surface area contributed by atoms with Gasteiger partial charge in [0.2, 0.25) is 0 Å². The summed E-state index contributed by atoms with van der Waals surface area (Å²) in [6.45, 7) is 1.04. The maximum Gasteiger partial charge on any atom is 0.411 e. The van der Waals surface area contributed by atoms with E-state index in [2.05, 4.69) is 20.7 Å². The number of rotatable bonds is 6. The molecule has 0 amide bonds. The van der Waals surface area contributed by atoms with Gasteiger partial charge in [0.15, 0.2) is 0 Å². The molecule has 0 aliphatic rings. The lowest BCUT2D eigenvalue weighted by atomic mass is 10.1. The minimum Gasteiger partial charge on any atom is -0.372 e. The van der Waals surface area contributed by atoms with Crippen LogP contribution in [-0.2, 0) is 4.74 Å². The third kappa shape index (κ3) is 8.56. The highest BCUT2D eigenvalue weighted by Crippen LogP contribution is 2.16. The van der Waals surface area contributed by atoms with E-state index in [1.807, 2.05) is 6.92 Å². The Morgan fingerprint density at radius 1 is 1.38 bits per heavy atom. The van der Waals surface area contributed by atoms with Crippen molar-refractivity contribution in [1.29, 1.82) is 0 Å². The van der Waals surface area contributed by atoms with Gasteiger partial charge in [-0.1, -0.05) is 29.3 Å². The molecule has 0 aromatic heterocycles. The number of hydrogen-bond acceptors (Lipinski definition) is 1. The van der Waals surface area contributed by atoms with Crippen molar-refractivity contribution in [2.24, 2.45) is 5.92 Å². The van der Waals surface area contributed by atoms with Crippen LogP contribution in [0.2, 0.25) is 0 Å². The molecular formula is C8H14BrF3O. The molecule has 0 radical (unpaired) electrons. The molecule has 0 bridgehead atoms. The number of hydrogen-bond donors (Lipinski definition) is 0. The quantitative estimate of drug-likeness (QED) is 0.667. The predicted octanol–water partition coefficient (Wildman–Crippen LogP) is 3.38. The minimum atomic E-state index is -4.21. The van der Waals surface area contributed by atoms with Gasteiger partial charge in [0, 0.05) is 5.33 Å². The average molecular weight is 263 g/mol. The third-order valence-corrected chi connectivity index (χ3v) is 2.45. The van der Waals surface area contributed by atoms with Gasteiger partial charge in [0.25, 0.3) is 0 Å². The van der Waals surface area contributed by atoms with Crippen molar-refractivity contribution in [3.8, 4) is 0 Å². The Labute approximate surface area is 84.8 Å². The second-order valence-corrected chi connectivity index (χ2v) is 3.59. The highest BCUT2D eigenvalue weighted by molar-refractivity contribution is 9.09. The molecule has 1 nitrogen and oxygen atoms in total. The standard InChI is InChI=1S/C8H14BrF3O/c1-2-3-7(4-9)5-13-6-8(10,11)12/h7H,2-6H2,1H3. The molecule has 5 heteroatoms. The Hall–Kier alpha value is 0.230. The van der Waals surface area contributed by atoms with Crippen molar-refractivity contribution in [3.05, 3.63) is 0 Å². The summed E-state index contributed by atoms with van der Waals surface area (Å²) in [6.07, 6.45) is -2.35. The largest absolute Gasteiger partial charge is 0.411 e. The van der Waals surface area contributed by atoms with Crippen molar-refractivity contribution < 1.29 is 17.9 Å². The van der Waals surface area contributed by atoms with Gasteiger partial charge in [-0.15, -0.1) is 0 Å². The zero-order valence-corrected chi connectivity index (χ0v) is 9.12. The summed E-state index contributed by atoms with van der Waals surface area (Å²) in [5, 5.41) is 0.693. The molecule has 1 atom stereocenters. The van der Waals surface area contributed by atoms with Gasteiger partial charge in [-0.2, -0.15) is 13.2 Å². The first-order valence-electron chi connectivity index (χ1n) is 4.20. The highest BCUT2D eigenvalue weighted by atomic mass is 79.9. The van der Waals surface area contributed by atoms with Crippen LogP contribution in [0.1, 0.15) is 19.8 Å². The van der Waals surface area contributed by atoms with Crippen molar-refractivity contribution >= 4 is 15.9 Å². The molecule has 1 unspecified atom stereocenters. The van der Waals surface area contributed by atoms with Crippen LogP contribution in [0.25, 0.3) is 0 Å². The van der Waals surface area contributed by atoms with Crippen molar-refractivity contribution in [2.45, 2.75) is 25.9 Å². The van der Waals surface area contributed by atoms with Crippen LogP contribution in [0.3, 0.4) is 0 Å². The fourth-order valence-corrected chi connectivity index (χ4v) is 1.47. The first kappa shape index (κ1) is 13.2. The van der Waals surface area contributed by atoms with Gasteiger partial charge in [-0.25, -0.2) is 0 Å². The topological polar surface area (TPSA) is 9.23 Å². The first-order valence-corrected chi connectivity index (χ1v) is 5.32. The fourth-order valence-electron chi connectivity index (χ4n) is 0.955. The van der Waals surface area contributed by atoms with Crippen LogP contribution in [-0.4, -0.2) is 24.7 Å². The van der Waals surface area contributed by atoms with E-state index in [1.54, 1.807) is 0 Å². The lowest BCUT2D eigenvalue weighted by molar-refractivity contribution is -0.176. The summed E-state index contributed by atoms with van der Waals surface area (Å²) < 4.78 is 39.5. The first-order chi connectivity index (χ1) is 5.99. The smallest absolute Gasteiger partial charge is 0.372 e. The fraction of sp³-hybridized carbons (Fsp3) is 1.00. The normalized spacial score (nSPS) is 14.5. The second kappa shape index (κ2) is 6.65. The summed E-state index contributed by atoms with van der Waals surface area (Å²) in [5.41, 5.74) is 0. The number of ether oxygens (including phenoxy) is 1. The van der Waals surface area contributed by atoms with Crippen LogP contribution in [0.4, 0.5) is 13.2 Å². The van der Waals surface area contributed by atoms with E-state index in [4.69, 9.17) is 0 Å². The molecular weight excluding hydrogens is 249 g/mol. The van der Waals surface area contributed by atoms with E-state index in [0.717, 1.165) is 12.8 Å². The molecule has 0 aliphatic carbocycles. The van der Waals surface area contributed by atoms with Crippen molar-refractivity contribution in [2.75, 3.05) is 18.5 Å². The van der Waals surface area contributed by atoms with Gasteiger partial charge in [0.05, 0.1) is 6.61 Å². The lowest BCUT2D eigenvalue weighted by Crippen LogP contribution is -2.20. The van der Waals surface area contributed by atoms with Crippen LogP contribution in [0, 0.1) is 5.92 Å². The molecule has 0 fully saturated rings. The van der Waals surface area contributed by atoms with Gasteiger partial charge >= 0.3 is 6.18 Å². The minimum absolute atomic E-state index is 0.179. The zero-order chi connectivity index (χ0) is 10.3. The Morgan fingerprint density at radius 2 is 2.00 bits per heavy atom. The Morgan fingerprint density at radius 3 is 2.38 bits per heavy atom.